The SMILES string of the molecule is CC(C)c1oc(C(F)(F)F)cc1F. The van der Waals surface area contributed by atoms with Crippen LogP contribution in [0.15, 0.2) is 10.5 Å². The van der Waals surface area contributed by atoms with Gasteiger partial charge in [-0.2, -0.15) is 13.2 Å². The van der Waals surface area contributed by atoms with E-state index in [0.29, 0.717) is 6.07 Å². The lowest BCUT2D eigenvalue weighted by molar-refractivity contribution is -0.153. The number of rotatable bonds is 1. The molecule has 1 heterocycles. The monoisotopic (exact) mass is 196 g/mol. The molecule has 0 aliphatic rings. The van der Waals surface area contributed by atoms with Crippen LogP contribution in [0, 0.1) is 5.82 Å². The molecule has 0 saturated carbocycles. The zero-order valence-electron chi connectivity index (χ0n) is 7.07. The Labute approximate surface area is 72.3 Å². The van der Waals surface area contributed by atoms with Gasteiger partial charge in [-0.05, 0) is 0 Å². The average Bonchev–Trinajstić information content (AvgIpc) is 2.29. The molecular formula is C8H8F4O. The molecule has 1 nitrogen and oxygen atoms in total. The minimum atomic E-state index is -4.62. The van der Waals surface area contributed by atoms with Crippen LogP contribution in [0.4, 0.5) is 17.6 Å². The number of alkyl halides is 3. The van der Waals surface area contributed by atoms with Gasteiger partial charge in [0.1, 0.15) is 5.76 Å². The predicted octanol–water partition coefficient (Wildman–Crippen LogP) is 3.56. The maximum Gasteiger partial charge on any atom is 0.449 e. The van der Waals surface area contributed by atoms with Crippen molar-refractivity contribution in [3.05, 3.63) is 23.4 Å². The summed E-state index contributed by atoms with van der Waals surface area (Å²) in [6, 6.07) is 0.370. The highest BCUT2D eigenvalue weighted by atomic mass is 19.4. The van der Waals surface area contributed by atoms with E-state index in [9.17, 15) is 17.6 Å². The van der Waals surface area contributed by atoms with Crippen molar-refractivity contribution in [3.8, 4) is 0 Å². The van der Waals surface area contributed by atoms with Crippen LogP contribution >= 0.6 is 0 Å². The third-order valence-corrected chi connectivity index (χ3v) is 1.52. The maximum atomic E-state index is 12.8. The van der Waals surface area contributed by atoms with E-state index in [1.807, 2.05) is 0 Å². The molecule has 13 heavy (non-hydrogen) atoms. The van der Waals surface area contributed by atoms with E-state index < -0.39 is 23.7 Å². The summed E-state index contributed by atoms with van der Waals surface area (Å²) in [5.74, 6) is -2.88. The van der Waals surface area contributed by atoms with Gasteiger partial charge in [0.15, 0.2) is 5.82 Å². The third-order valence-electron chi connectivity index (χ3n) is 1.52. The molecule has 0 saturated heterocycles. The summed E-state index contributed by atoms with van der Waals surface area (Å²) in [5, 5.41) is 0. The Balaban J connectivity index is 3.10. The van der Waals surface area contributed by atoms with E-state index in [2.05, 4.69) is 4.42 Å². The highest BCUT2D eigenvalue weighted by Gasteiger charge is 2.36. The molecule has 0 unspecified atom stereocenters. The molecule has 0 radical (unpaired) electrons. The van der Waals surface area contributed by atoms with E-state index in [0.717, 1.165) is 0 Å². The van der Waals surface area contributed by atoms with Crippen molar-refractivity contribution < 1.29 is 22.0 Å². The molecule has 0 aliphatic carbocycles. The zero-order valence-corrected chi connectivity index (χ0v) is 7.07. The van der Waals surface area contributed by atoms with Crippen molar-refractivity contribution in [1.82, 2.24) is 0 Å². The minimum absolute atomic E-state index is 0.257. The first kappa shape index (κ1) is 10.1. The predicted molar refractivity (Wildman–Crippen MR) is 37.8 cm³/mol. The second-order valence-electron chi connectivity index (χ2n) is 2.98. The van der Waals surface area contributed by atoms with Gasteiger partial charge in [-0.25, -0.2) is 4.39 Å². The first-order chi connectivity index (χ1) is 5.82. The lowest BCUT2D eigenvalue weighted by Crippen LogP contribution is -2.02. The molecule has 0 bridgehead atoms. The summed E-state index contributed by atoms with van der Waals surface area (Å²) in [4.78, 5) is 0. The maximum absolute atomic E-state index is 12.8. The normalized spacial score (nSPS) is 12.5. The highest BCUT2D eigenvalue weighted by Crippen LogP contribution is 2.34. The van der Waals surface area contributed by atoms with Crippen molar-refractivity contribution in [2.24, 2.45) is 0 Å². The summed E-state index contributed by atoms with van der Waals surface area (Å²) in [6.07, 6.45) is -4.62. The number of halogens is 4. The summed E-state index contributed by atoms with van der Waals surface area (Å²) < 4.78 is 53.1. The molecular weight excluding hydrogens is 188 g/mol. The fourth-order valence-corrected chi connectivity index (χ4v) is 0.916. The molecule has 0 atom stereocenters. The molecule has 0 fully saturated rings. The largest absolute Gasteiger partial charge is 0.453 e. The van der Waals surface area contributed by atoms with Crippen molar-refractivity contribution >= 4 is 0 Å². The van der Waals surface area contributed by atoms with Crippen LogP contribution in [-0.4, -0.2) is 0 Å². The Morgan fingerprint density at radius 1 is 1.31 bits per heavy atom. The second kappa shape index (κ2) is 3.05. The van der Waals surface area contributed by atoms with E-state index in [1.165, 1.54) is 0 Å². The molecule has 1 aromatic heterocycles. The van der Waals surface area contributed by atoms with Crippen LogP contribution in [0.25, 0.3) is 0 Å². The summed E-state index contributed by atoms with van der Waals surface area (Å²) >= 11 is 0. The molecule has 74 valence electrons. The van der Waals surface area contributed by atoms with Gasteiger partial charge >= 0.3 is 6.18 Å². The molecule has 0 aliphatic heterocycles. The van der Waals surface area contributed by atoms with Crippen LogP contribution in [0.2, 0.25) is 0 Å². The van der Waals surface area contributed by atoms with Crippen molar-refractivity contribution in [3.63, 3.8) is 0 Å². The second-order valence-corrected chi connectivity index (χ2v) is 2.98. The Hall–Kier alpha value is -1.00. The molecule has 5 heteroatoms. The Morgan fingerprint density at radius 3 is 2.08 bits per heavy atom. The lowest BCUT2D eigenvalue weighted by atomic mass is 10.1. The summed E-state index contributed by atoms with van der Waals surface area (Å²) in [7, 11) is 0. The van der Waals surface area contributed by atoms with Gasteiger partial charge in [0.2, 0.25) is 5.76 Å². The summed E-state index contributed by atoms with van der Waals surface area (Å²) in [6.45, 7) is 3.12. The number of furan rings is 1. The first-order valence-electron chi connectivity index (χ1n) is 3.68. The standard InChI is InChI=1S/C8H8F4O/c1-4(2)7-5(9)3-6(13-7)8(10,11)12/h3-4H,1-2H3. The van der Waals surface area contributed by atoms with Crippen molar-refractivity contribution in [2.75, 3.05) is 0 Å². The Morgan fingerprint density at radius 2 is 1.85 bits per heavy atom. The van der Waals surface area contributed by atoms with Gasteiger partial charge in [0.05, 0.1) is 0 Å². The molecule has 0 spiro atoms. The van der Waals surface area contributed by atoms with Crippen LogP contribution in [-0.2, 0) is 6.18 Å². The average molecular weight is 196 g/mol. The Bertz CT molecular complexity index is 298. The van der Waals surface area contributed by atoms with Crippen LogP contribution in [0.1, 0.15) is 31.3 Å². The van der Waals surface area contributed by atoms with Crippen molar-refractivity contribution in [2.45, 2.75) is 25.9 Å². The quantitative estimate of drug-likeness (QED) is 0.626. The topological polar surface area (TPSA) is 13.1 Å². The minimum Gasteiger partial charge on any atom is -0.453 e. The fourth-order valence-electron chi connectivity index (χ4n) is 0.916. The van der Waals surface area contributed by atoms with E-state index >= 15 is 0 Å². The van der Waals surface area contributed by atoms with Crippen LogP contribution in [0.5, 0.6) is 0 Å². The van der Waals surface area contributed by atoms with Crippen molar-refractivity contribution in [1.29, 1.82) is 0 Å². The molecule has 0 amide bonds. The smallest absolute Gasteiger partial charge is 0.449 e. The van der Waals surface area contributed by atoms with Gasteiger partial charge in [-0.3, -0.25) is 0 Å². The first-order valence-corrected chi connectivity index (χ1v) is 3.68. The highest BCUT2D eigenvalue weighted by molar-refractivity contribution is 5.14. The zero-order chi connectivity index (χ0) is 10.2. The summed E-state index contributed by atoms with van der Waals surface area (Å²) in [5.41, 5.74) is 0. The molecule has 0 aromatic carbocycles. The van der Waals surface area contributed by atoms with Gasteiger partial charge in [0.25, 0.3) is 0 Å². The third kappa shape index (κ3) is 2.02. The van der Waals surface area contributed by atoms with E-state index in [4.69, 9.17) is 0 Å². The van der Waals surface area contributed by atoms with Gasteiger partial charge in [0, 0.05) is 12.0 Å². The van der Waals surface area contributed by atoms with Gasteiger partial charge in [-0.1, -0.05) is 13.8 Å². The van der Waals surface area contributed by atoms with Crippen LogP contribution in [0.3, 0.4) is 0 Å². The van der Waals surface area contributed by atoms with Gasteiger partial charge < -0.3 is 4.42 Å². The molecule has 0 N–H and O–H groups in total. The Kier molecular flexibility index (Phi) is 2.36. The van der Waals surface area contributed by atoms with E-state index in [-0.39, 0.29) is 5.76 Å². The van der Waals surface area contributed by atoms with E-state index in [1.54, 1.807) is 13.8 Å². The van der Waals surface area contributed by atoms with Gasteiger partial charge in [-0.15, -0.1) is 0 Å². The van der Waals surface area contributed by atoms with Crippen LogP contribution < -0.4 is 0 Å². The number of hydrogen-bond donors (Lipinski definition) is 0. The fraction of sp³-hybridized carbons (Fsp3) is 0.500. The lowest BCUT2D eigenvalue weighted by Gasteiger charge is -2.02. The number of hydrogen-bond acceptors (Lipinski definition) is 1. The molecule has 1 aromatic rings. The molecule has 1 rings (SSSR count).